The summed E-state index contributed by atoms with van der Waals surface area (Å²) in [6, 6.07) is 10.2. The van der Waals surface area contributed by atoms with Crippen molar-refractivity contribution in [2.45, 2.75) is 53.9 Å². The third-order valence-corrected chi connectivity index (χ3v) is 5.05. The SMILES string of the molecule is CCC(C(=O)C(C)c1ccccc1)C(C)C(C)C(C)C. The van der Waals surface area contributed by atoms with E-state index < -0.39 is 0 Å². The fourth-order valence-electron chi connectivity index (χ4n) is 3.03. The minimum Gasteiger partial charge on any atom is -0.299 e. The van der Waals surface area contributed by atoms with Crippen LogP contribution in [0.3, 0.4) is 0 Å². The van der Waals surface area contributed by atoms with Crippen LogP contribution in [0, 0.1) is 23.7 Å². The average Bonchev–Trinajstić information content (AvgIpc) is 2.46. The third-order valence-electron chi connectivity index (χ3n) is 5.05. The standard InChI is InChI=1S/C19H30O/c1-7-18(15(5)14(4)13(2)3)19(20)16(6)17-11-9-8-10-12-17/h8-16,18H,7H2,1-6H3. The van der Waals surface area contributed by atoms with Crippen molar-refractivity contribution in [2.75, 3.05) is 0 Å². The zero-order chi connectivity index (χ0) is 15.3. The summed E-state index contributed by atoms with van der Waals surface area (Å²) in [6.07, 6.45) is 0.939. The summed E-state index contributed by atoms with van der Waals surface area (Å²) in [6.45, 7) is 13.2. The lowest BCUT2D eigenvalue weighted by Gasteiger charge is -2.31. The van der Waals surface area contributed by atoms with Crippen molar-refractivity contribution in [3.05, 3.63) is 35.9 Å². The van der Waals surface area contributed by atoms with E-state index in [1.165, 1.54) is 0 Å². The molecule has 0 aliphatic heterocycles. The van der Waals surface area contributed by atoms with Crippen LogP contribution in [0.2, 0.25) is 0 Å². The molecule has 0 radical (unpaired) electrons. The van der Waals surface area contributed by atoms with Crippen LogP contribution in [0.25, 0.3) is 0 Å². The zero-order valence-corrected chi connectivity index (χ0v) is 13.9. The first kappa shape index (κ1) is 16.9. The Morgan fingerprint density at radius 2 is 1.50 bits per heavy atom. The van der Waals surface area contributed by atoms with E-state index >= 15 is 0 Å². The third kappa shape index (κ3) is 3.94. The van der Waals surface area contributed by atoms with Gasteiger partial charge in [0.25, 0.3) is 0 Å². The van der Waals surface area contributed by atoms with Gasteiger partial charge in [-0.15, -0.1) is 0 Å². The first-order valence-electron chi connectivity index (χ1n) is 7.98. The number of hydrogen-bond donors (Lipinski definition) is 0. The van der Waals surface area contributed by atoms with Crippen LogP contribution in [-0.2, 0) is 4.79 Å². The zero-order valence-electron chi connectivity index (χ0n) is 13.9. The van der Waals surface area contributed by atoms with Gasteiger partial charge in [0.15, 0.2) is 0 Å². The first-order chi connectivity index (χ1) is 9.40. The predicted octanol–water partition coefficient (Wildman–Crippen LogP) is 5.31. The van der Waals surface area contributed by atoms with Crippen molar-refractivity contribution in [2.24, 2.45) is 23.7 Å². The van der Waals surface area contributed by atoms with E-state index in [1.807, 2.05) is 25.1 Å². The lowest BCUT2D eigenvalue weighted by Crippen LogP contribution is -2.31. The topological polar surface area (TPSA) is 17.1 Å². The van der Waals surface area contributed by atoms with Crippen LogP contribution in [0.15, 0.2) is 30.3 Å². The molecule has 0 saturated carbocycles. The van der Waals surface area contributed by atoms with Crippen molar-refractivity contribution in [1.29, 1.82) is 0 Å². The Morgan fingerprint density at radius 1 is 0.950 bits per heavy atom. The second kappa shape index (κ2) is 7.61. The van der Waals surface area contributed by atoms with E-state index in [0.29, 0.717) is 23.5 Å². The summed E-state index contributed by atoms with van der Waals surface area (Å²) >= 11 is 0. The lowest BCUT2D eigenvalue weighted by molar-refractivity contribution is -0.126. The summed E-state index contributed by atoms with van der Waals surface area (Å²) in [4.78, 5) is 12.8. The van der Waals surface area contributed by atoms with E-state index in [0.717, 1.165) is 12.0 Å². The normalized spacial score (nSPS) is 17.6. The predicted molar refractivity (Wildman–Crippen MR) is 86.8 cm³/mol. The molecule has 1 heteroatoms. The Balaban J connectivity index is 2.87. The monoisotopic (exact) mass is 274 g/mol. The number of carbonyl (C=O) groups is 1. The highest BCUT2D eigenvalue weighted by Crippen LogP contribution is 2.33. The quantitative estimate of drug-likeness (QED) is 0.658. The molecule has 1 nitrogen and oxygen atoms in total. The molecule has 0 aromatic heterocycles. The van der Waals surface area contributed by atoms with Gasteiger partial charge >= 0.3 is 0 Å². The number of Topliss-reactive ketones (excluding diaryl/α,β-unsaturated/α-hetero) is 1. The van der Waals surface area contributed by atoms with Gasteiger partial charge in [-0.1, -0.05) is 71.9 Å². The molecule has 1 rings (SSSR count). The van der Waals surface area contributed by atoms with E-state index in [9.17, 15) is 4.79 Å². The maximum Gasteiger partial charge on any atom is 0.143 e. The number of benzene rings is 1. The second-order valence-electron chi connectivity index (χ2n) is 6.51. The molecule has 1 aromatic carbocycles. The molecule has 1 aromatic rings. The molecule has 0 saturated heterocycles. The first-order valence-corrected chi connectivity index (χ1v) is 7.98. The van der Waals surface area contributed by atoms with E-state index in [1.54, 1.807) is 0 Å². The smallest absolute Gasteiger partial charge is 0.143 e. The lowest BCUT2D eigenvalue weighted by atomic mass is 9.73. The Kier molecular flexibility index (Phi) is 6.45. The summed E-state index contributed by atoms with van der Waals surface area (Å²) in [5.74, 6) is 2.22. The Labute approximate surface area is 124 Å². The van der Waals surface area contributed by atoms with Gasteiger partial charge < -0.3 is 0 Å². The molecule has 0 spiro atoms. The molecule has 0 heterocycles. The van der Waals surface area contributed by atoms with E-state index in [4.69, 9.17) is 0 Å². The molecule has 0 amide bonds. The number of carbonyl (C=O) groups excluding carboxylic acids is 1. The number of rotatable bonds is 7. The molecule has 0 aliphatic rings. The molecule has 0 aliphatic carbocycles. The van der Waals surface area contributed by atoms with Crippen LogP contribution >= 0.6 is 0 Å². The molecule has 4 atom stereocenters. The van der Waals surface area contributed by atoms with Crippen LogP contribution < -0.4 is 0 Å². The highest BCUT2D eigenvalue weighted by molar-refractivity contribution is 5.87. The van der Waals surface area contributed by atoms with Gasteiger partial charge in [0.1, 0.15) is 5.78 Å². The van der Waals surface area contributed by atoms with Crippen LogP contribution in [0.5, 0.6) is 0 Å². The van der Waals surface area contributed by atoms with Gasteiger partial charge in [-0.05, 0) is 29.7 Å². The van der Waals surface area contributed by atoms with Gasteiger partial charge in [0.05, 0.1) is 0 Å². The Morgan fingerprint density at radius 3 is 1.95 bits per heavy atom. The molecule has 112 valence electrons. The van der Waals surface area contributed by atoms with Crippen LogP contribution in [0.4, 0.5) is 0 Å². The van der Waals surface area contributed by atoms with Crippen molar-refractivity contribution in [3.63, 3.8) is 0 Å². The second-order valence-corrected chi connectivity index (χ2v) is 6.51. The summed E-state index contributed by atoms with van der Waals surface area (Å²) in [5.41, 5.74) is 1.14. The van der Waals surface area contributed by atoms with Gasteiger partial charge in [-0.3, -0.25) is 4.79 Å². The minimum atomic E-state index is 0.00274. The Bertz CT molecular complexity index is 407. The molecule has 0 fully saturated rings. The Hall–Kier alpha value is -1.11. The highest BCUT2D eigenvalue weighted by atomic mass is 16.1. The minimum absolute atomic E-state index is 0.00274. The molecule has 20 heavy (non-hydrogen) atoms. The number of hydrogen-bond acceptors (Lipinski definition) is 1. The maximum atomic E-state index is 12.8. The fraction of sp³-hybridized carbons (Fsp3) is 0.632. The van der Waals surface area contributed by atoms with Crippen molar-refractivity contribution in [1.82, 2.24) is 0 Å². The van der Waals surface area contributed by atoms with Gasteiger partial charge in [0.2, 0.25) is 0 Å². The van der Waals surface area contributed by atoms with Gasteiger partial charge in [-0.25, -0.2) is 0 Å². The maximum absolute atomic E-state index is 12.8. The largest absolute Gasteiger partial charge is 0.299 e. The summed E-state index contributed by atoms with van der Waals surface area (Å²) < 4.78 is 0. The van der Waals surface area contributed by atoms with Crippen molar-refractivity contribution in [3.8, 4) is 0 Å². The molecule has 0 bridgehead atoms. The van der Waals surface area contributed by atoms with Gasteiger partial charge in [0, 0.05) is 11.8 Å². The highest BCUT2D eigenvalue weighted by Gasteiger charge is 2.31. The molecule has 4 unspecified atom stereocenters. The average molecular weight is 274 g/mol. The number of ketones is 1. The molecular formula is C19H30O. The molecular weight excluding hydrogens is 244 g/mol. The van der Waals surface area contributed by atoms with Crippen LogP contribution in [0.1, 0.15) is 59.4 Å². The summed E-state index contributed by atoms with van der Waals surface area (Å²) in [7, 11) is 0. The van der Waals surface area contributed by atoms with Crippen LogP contribution in [-0.4, -0.2) is 5.78 Å². The van der Waals surface area contributed by atoms with Gasteiger partial charge in [-0.2, -0.15) is 0 Å². The molecule has 0 N–H and O–H groups in total. The van der Waals surface area contributed by atoms with Crippen molar-refractivity contribution < 1.29 is 4.79 Å². The van der Waals surface area contributed by atoms with E-state index in [2.05, 4.69) is 46.8 Å². The van der Waals surface area contributed by atoms with E-state index in [-0.39, 0.29) is 11.8 Å². The summed E-state index contributed by atoms with van der Waals surface area (Å²) in [5, 5.41) is 0. The van der Waals surface area contributed by atoms with Crippen molar-refractivity contribution >= 4 is 5.78 Å². The fourth-order valence-corrected chi connectivity index (χ4v) is 3.03.